The zero-order valence-electron chi connectivity index (χ0n) is 9.56. The van der Waals surface area contributed by atoms with Crippen LogP contribution in [0.2, 0.25) is 0 Å². The van der Waals surface area contributed by atoms with Crippen molar-refractivity contribution in [2.75, 3.05) is 5.73 Å². The fourth-order valence-corrected chi connectivity index (χ4v) is 4.20. The predicted molar refractivity (Wildman–Crippen MR) is 76.9 cm³/mol. The fourth-order valence-electron chi connectivity index (χ4n) is 1.49. The minimum Gasteiger partial charge on any atom is -0.398 e. The zero-order valence-corrected chi connectivity index (χ0v) is 12.8. The molecule has 19 heavy (non-hydrogen) atoms. The predicted octanol–water partition coefficient (Wildman–Crippen LogP) is 2.71. The van der Waals surface area contributed by atoms with Crippen molar-refractivity contribution in [3.63, 3.8) is 0 Å². The molecule has 0 atom stereocenters. The quantitative estimate of drug-likeness (QED) is 0.819. The smallest absolute Gasteiger partial charge is 0.245 e. The van der Waals surface area contributed by atoms with Gasteiger partial charge in [-0.2, -0.15) is 0 Å². The number of hydrogen-bond donors (Lipinski definition) is 2. The van der Waals surface area contributed by atoms with Crippen molar-refractivity contribution in [2.45, 2.75) is 11.4 Å². The first-order valence-corrected chi connectivity index (χ1v) is 8.27. The largest absolute Gasteiger partial charge is 0.398 e. The Balaban J connectivity index is 2.23. The first-order valence-electron chi connectivity index (χ1n) is 5.18. The van der Waals surface area contributed by atoms with Gasteiger partial charge in [0.15, 0.2) is 0 Å². The van der Waals surface area contributed by atoms with Crippen LogP contribution in [-0.2, 0) is 16.6 Å². The lowest BCUT2D eigenvalue weighted by atomic mass is 10.3. The van der Waals surface area contributed by atoms with Gasteiger partial charge in [0.05, 0.1) is 9.47 Å². The van der Waals surface area contributed by atoms with Gasteiger partial charge in [-0.3, -0.25) is 0 Å². The van der Waals surface area contributed by atoms with Crippen molar-refractivity contribution < 1.29 is 12.8 Å². The number of sulfonamides is 1. The molecule has 0 bridgehead atoms. The van der Waals surface area contributed by atoms with E-state index in [0.717, 1.165) is 14.7 Å². The van der Waals surface area contributed by atoms with Crippen LogP contribution in [0.1, 0.15) is 4.88 Å². The monoisotopic (exact) mass is 364 g/mol. The molecule has 0 saturated carbocycles. The first kappa shape index (κ1) is 14.4. The number of nitrogens with two attached hydrogens (primary N) is 1. The molecule has 2 aromatic rings. The Morgan fingerprint density at radius 2 is 2.05 bits per heavy atom. The summed E-state index contributed by atoms with van der Waals surface area (Å²) in [6.45, 7) is 0.0897. The molecule has 0 saturated heterocycles. The second-order valence-electron chi connectivity index (χ2n) is 3.69. The molecule has 1 aromatic carbocycles. The van der Waals surface area contributed by atoms with E-state index in [0.29, 0.717) is 0 Å². The zero-order chi connectivity index (χ0) is 14.0. The summed E-state index contributed by atoms with van der Waals surface area (Å²) in [5.74, 6) is -0.861. The van der Waals surface area contributed by atoms with Gasteiger partial charge in [-0.25, -0.2) is 17.5 Å². The van der Waals surface area contributed by atoms with E-state index in [9.17, 15) is 12.8 Å². The molecule has 0 aliphatic carbocycles. The molecule has 0 unspecified atom stereocenters. The maximum Gasteiger partial charge on any atom is 0.245 e. The average Bonchev–Trinajstić information content (AvgIpc) is 2.72. The molecule has 2 rings (SSSR count). The summed E-state index contributed by atoms with van der Waals surface area (Å²) >= 11 is 4.68. The third-order valence-corrected chi connectivity index (χ3v) is 5.45. The van der Waals surface area contributed by atoms with E-state index in [1.165, 1.54) is 23.5 Å². The summed E-state index contributed by atoms with van der Waals surface area (Å²) in [5, 5.41) is 0. The highest BCUT2D eigenvalue weighted by Gasteiger charge is 2.21. The third kappa shape index (κ3) is 3.33. The molecule has 8 heteroatoms. The van der Waals surface area contributed by atoms with E-state index in [1.54, 1.807) is 6.07 Å². The van der Waals surface area contributed by atoms with E-state index in [1.807, 2.05) is 6.07 Å². The van der Waals surface area contributed by atoms with Gasteiger partial charge in [0.1, 0.15) is 10.7 Å². The molecule has 3 N–H and O–H groups in total. The maximum atomic E-state index is 13.6. The summed E-state index contributed by atoms with van der Waals surface area (Å²) in [4.78, 5) is 0.302. The molecule has 1 aromatic heterocycles. The van der Waals surface area contributed by atoms with E-state index >= 15 is 0 Å². The highest BCUT2D eigenvalue weighted by Crippen LogP contribution is 2.24. The second kappa shape index (κ2) is 5.58. The lowest BCUT2D eigenvalue weighted by Gasteiger charge is -2.09. The highest BCUT2D eigenvalue weighted by molar-refractivity contribution is 9.11. The molecule has 1 heterocycles. The van der Waals surface area contributed by atoms with E-state index < -0.39 is 20.7 Å². The van der Waals surface area contributed by atoms with Gasteiger partial charge in [0, 0.05) is 11.4 Å². The van der Waals surface area contributed by atoms with E-state index in [-0.39, 0.29) is 12.2 Å². The van der Waals surface area contributed by atoms with Crippen molar-refractivity contribution in [3.8, 4) is 0 Å². The summed E-state index contributed by atoms with van der Waals surface area (Å²) in [5.41, 5.74) is 5.41. The molecule has 0 aliphatic heterocycles. The van der Waals surface area contributed by atoms with Gasteiger partial charge in [-0.15, -0.1) is 11.3 Å². The lowest BCUT2D eigenvalue weighted by molar-refractivity contribution is 0.558. The molecule has 0 spiro atoms. The van der Waals surface area contributed by atoms with Gasteiger partial charge in [-0.05, 0) is 40.2 Å². The number of benzene rings is 1. The fraction of sp³-hybridized carbons (Fsp3) is 0.0909. The van der Waals surface area contributed by atoms with E-state index in [4.69, 9.17) is 5.73 Å². The van der Waals surface area contributed by atoms with Gasteiger partial charge in [-0.1, -0.05) is 6.07 Å². The van der Waals surface area contributed by atoms with Crippen LogP contribution in [0.15, 0.2) is 39.0 Å². The molecule has 0 radical (unpaired) electrons. The number of halogens is 2. The SMILES string of the molecule is Nc1cccc(F)c1S(=O)(=O)NCc1ccc(Br)s1. The van der Waals surface area contributed by atoms with Gasteiger partial charge in [0.25, 0.3) is 0 Å². The molecule has 102 valence electrons. The Labute approximate surface area is 122 Å². The van der Waals surface area contributed by atoms with Crippen molar-refractivity contribution in [3.05, 3.63) is 44.8 Å². The highest BCUT2D eigenvalue weighted by atomic mass is 79.9. The summed E-state index contributed by atoms with van der Waals surface area (Å²) < 4.78 is 40.8. The summed E-state index contributed by atoms with van der Waals surface area (Å²) in [6.07, 6.45) is 0. The first-order chi connectivity index (χ1) is 8.90. The standard InChI is InChI=1S/C11H10BrFN2O2S2/c12-10-5-4-7(18-10)6-15-19(16,17)11-8(13)2-1-3-9(11)14/h1-5,15H,6,14H2. The second-order valence-corrected chi connectivity index (χ2v) is 7.94. The Morgan fingerprint density at radius 1 is 1.32 bits per heavy atom. The normalized spacial score (nSPS) is 11.7. The van der Waals surface area contributed by atoms with Crippen LogP contribution in [0.5, 0.6) is 0 Å². The lowest BCUT2D eigenvalue weighted by Crippen LogP contribution is -2.24. The third-order valence-electron chi connectivity index (χ3n) is 2.33. The summed E-state index contributed by atoms with van der Waals surface area (Å²) in [6, 6.07) is 7.36. The number of thiophene rings is 1. The van der Waals surface area contributed by atoms with Crippen LogP contribution in [0, 0.1) is 5.82 Å². The minimum absolute atomic E-state index is 0.0897. The Kier molecular flexibility index (Phi) is 4.24. The molecular formula is C11H10BrFN2O2S2. The number of nitrogen functional groups attached to an aromatic ring is 1. The van der Waals surface area contributed by atoms with Gasteiger partial charge >= 0.3 is 0 Å². The van der Waals surface area contributed by atoms with E-state index in [2.05, 4.69) is 20.7 Å². The Bertz CT molecular complexity index is 680. The molecular weight excluding hydrogens is 355 g/mol. The average molecular weight is 365 g/mol. The van der Waals surface area contributed by atoms with Crippen molar-refractivity contribution in [1.29, 1.82) is 0 Å². The maximum absolute atomic E-state index is 13.6. The molecule has 0 amide bonds. The van der Waals surface area contributed by atoms with Crippen molar-refractivity contribution in [2.24, 2.45) is 0 Å². The van der Waals surface area contributed by atoms with Gasteiger partial charge < -0.3 is 5.73 Å². The van der Waals surface area contributed by atoms with Gasteiger partial charge in [0.2, 0.25) is 10.0 Å². The van der Waals surface area contributed by atoms with Crippen LogP contribution in [0.4, 0.5) is 10.1 Å². The van der Waals surface area contributed by atoms with Crippen LogP contribution >= 0.6 is 27.3 Å². The van der Waals surface area contributed by atoms with Crippen LogP contribution in [-0.4, -0.2) is 8.42 Å². The Morgan fingerprint density at radius 3 is 2.63 bits per heavy atom. The number of rotatable bonds is 4. The molecule has 4 nitrogen and oxygen atoms in total. The number of anilines is 1. The van der Waals surface area contributed by atoms with Crippen molar-refractivity contribution >= 4 is 43.0 Å². The molecule has 0 aliphatic rings. The Hall–Kier alpha value is -0.960. The van der Waals surface area contributed by atoms with Crippen molar-refractivity contribution in [1.82, 2.24) is 4.72 Å². The minimum atomic E-state index is -3.97. The van der Waals surface area contributed by atoms with Crippen LogP contribution < -0.4 is 10.5 Å². The number of nitrogens with one attached hydrogen (secondary N) is 1. The van der Waals surface area contributed by atoms with Crippen LogP contribution in [0.3, 0.4) is 0 Å². The number of hydrogen-bond acceptors (Lipinski definition) is 4. The topological polar surface area (TPSA) is 72.2 Å². The van der Waals surface area contributed by atoms with Crippen LogP contribution in [0.25, 0.3) is 0 Å². The summed E-state index contributed by atoms with van der Waals surface area (Å²) in [7, 11) is -3.97. The molecule has 0 fully saturated rings.